The van der Waals surface area contributed by atoms with E-state index in [0.717, 1.165) is 5.56 Å². The Bertz CT molecular complexity index is 966. The predicted molar refractivity (Wildman–Crippen MR) is 109 cm³/mol. The summed E-state index contributed by atoms with van der Waals surface area (Å²) in [6, 6.07) is 3.61. The molecule has 3 rings (SSSR count). The highest BCUT2D eigenvalue weighted by atomic mass is 32.2. The van der Waals surface area contributed by atoms with Gasteiger partial charge in [-0.25, -0.2) is 13.4 Å². The van der Waals surface area contributed by atoms with Gasteiger partial charge in [-0.15, -0.1) is 0 Å². The zero-order valence-electron chi connectivity index (χ0n) is 17.7. The lowest BCUT2D eigenvalue weighted by Gasteiger charge is -2.31. The monoisotopic (exact) mass is 436 g/mol. The molecule has 1 saturated heterocycles. The highest BCUT2D eigenvalue weighted by molar-refractivity contribution is 7.89. The number of carbonyl (C=O) groups excluding carboxylic acids is 1. The predicted octanol–water partition coefficient (Wildman–Crippen LogP) is 2.19. The summed E-state index contributed by atoms with van der Waals surface area (Å²) in [5.74, 6) is 0.214. The minimum Gasteiger partial charge on any atom is -0.475 e. The number of amides is 1. The molecular formula is C20H28N4O5S. The van der Waals surface area contributed by atoms with Crippen LogP contribution in [0, 0.1) is 19.8 Å². The van der Waals surface area contributed by atoms with Gasteiger partial charge in [0.05, 0.1) is 12.0 Å². The van der Waals surface area contributed by atoms with Crippen molar-refractivity contribution in [2.75, 3.05) is 13.1 Å². The fourth-order valence-corrected chi connectivity index (χ4v) is 5.32. The fraction of sp³-hybridized carbons (Fsp3) is 0.550. The zero-order valence-corrected chi connectivity index (χ0v) is 18.5. The van der Waals surface area contributed by atoms with Crippen LogP contribution >= 0.6 is 0 Å². The maximum absolute atomic E-state index is 13.0. The van der Waals surface area contributed by atoms with Crippen molar-refractivity contribution in [3.05, 3.63) is 35.3 Å². The van der Waals surface area contributed by atoms with Gasteiger partial charge in [0.1, 0.15) is 10.6 Å². The van der Waals surface area contributed by atoms with Gasteiger partial charge in [-0.3, -0.25) is 4.79 Å². The number of aryl methyl sites for hydroxylation is 2. The molecule has 1 fully saturated rings. The Morgan fingerprint density at radius 2 is 2.13 bits per heavy atom. The van der Waals surface area contributed by atoms with Gasteiger partial charge in [0.25, 0.3) is 0 Å². The normalized spacial score (nSPS) is 17.8. The molecule has 1 unspecified atom stereocenters. The number of aromatic nitrogens is 2. The second-order valence-electron chi connectivity index (χ2n) is 7.74. The van der Waals surface area contributed by atoms with E-state index in [2.05, 4.69) is 15.5 Å². The largest absolute Gasteiger partial charge is 0.475 e. The molecule has 2 aromatic rings. The van der Waals surface area contributed by atoms with Gasteiger partial charge in [0, 0.05) is 31.9 Å². The number of carbonyl (C=O) groups is 1. The molecule has 1 N–H and O–H groups in total. The first kappa shape index (κ1) is 22.2. The molecule has 1 atom stereocenters. The summed E-state index contributed by atoms with van der Waals surface area (Å²) in [6.07, 6.45) is 2.95. The summed E-state index contributed by atoms with van der Waals surface area (Å²) >= 11 is 0. The molecule has 1 aliphatic heterocycles. The number of hydrogen-bond acceptors (Lipinski definition) is 7. The van der Waals surface area contributed by atoms with Gasteiger partial charge < -0.3 is 14.6 Å². The van der Waals surface area contributed by atoms with Crippen LogP contribution in [0.3, 0.4) is 0 Å². The number of rotatable bonds is 7. The second-order valence-corrected chi connectivity index (χ2v) is 9.62. The molecule has 0 spiro atoms. The summed E-state index contributed by atoms with van der Waals surface area (Å²) in [4.78, 5) is 17.0. The summed E-state index contributed by atoms with van der Waals surface area (Å²) in [5.41, 5.74) is 1.17. The van der Waals surface area contributed by atoms with E-state index in [0.29, 0.717) is 37.5 Å². The number of nitrogens with zero attached hydrogens (tertiary/aromatic N) is 3. The minimum absolute atomic E-state index is 0.0407. The maximum Gasteiger partial charge on any atom is 0.248 e. The van der Waals surface area contributed by atoms with Crippen molar-refractivity contribution in [3.63, 3.8) is 0 Å². The molecule has 0 bridgehead atoms. The van der Waals surface area contributed by atoms with E-state index >= 15 is 0 Å². The standard InChI is InChI=1S/C20H28N4O5S/c1-13(2)28-18-8-7-16(10-21-18)11-22-20(25)17-6-5-9-24(12-17)30(26,27)19-14(3)23-29-15(19)4/h7-8,10,13,17H,5-6,9,11-12H2,1-4H3,(H,22,25). The lowest BCUT2D eigenvalue weighted by molar-refractivity contribution is -0.126. The van der Waals surface area contributed by atoms with Gasteiger partial charge in [-0.1, -0.05) is 11.2 Å². The van der Waals surface area contributed by atoms with Crippen molar-refractivity contribution in [1.29, 1.82) is 0 Å². The lowest BCUT2D eigenvalue weighted by atomic mass is 9.99. The Morgan fingerprint density at radius 1 is 1.37 bits per heavy atom. The topological polar surface area (TPSA) is 115 Å². The van der Waals surface area contributed by atoms with Gasteiger partial charge in [-0.05, 0) is 46.1 Å². The fourth-order valence-electron chi connectivity index (χ4n) is 3.51. The lowest BCUT2D eigenvalue weighted by Crippen LogP contribution is -2.45. The number of hydrogen-bond donors (Lipinski definition) is 1. The molecule has 30 heavy (non-hydrogen) atoms. The molecule has 0 radical (unpaired) electrons. The molecule has 0 aliphatic carbocycles. The van der Waals surface area contributed by atoms with Crippen LogP contribution in [0.5, 0.6) is 5.88 Å². The number of sulfonamides is 1. The van der Waals surface area contributed by atoms with Gasteiger partial charge in [-0.2, -0.15) is 4.31 Å². The van der Waals surface area contributed by atoms with Crippen LogP contribution in [0.2, 0.25) is 0 Å². The van der Waals surface area contributed by atoms with Crippen LogP contribution in [0.25, 0.3) is 0 Å². The Balaban J connectivity index is 1.60. The van der Waals surface area contributed by atoms with Crippen LogP contribution in [0.1, 0.15) is 43.7 Å². The van der Waals surface area contributed by atoms with Gasteiger partial charge in [0.2, 0.25) is 21.8 Å². The Hall–Kier alpha value is -2.46. The van der Waals surface area contributed by atoms with Crippen molar-refractivity contribution >= 4 is 15.9 Å². The molecule has 164 valence electrons. The quantitative estimate of drug-likeness (QED) is 0.707. The van der Waals surface area contributed by atoms with Crippen LogP contribution in [-0.4, -0.2) is 48.0 Å². The van der Waals surface area contributed by atoms with Gasteiger partial charge in [0.15, 0.2) is 5.76 Å². The Kier molecular flexibility index (Phi) is 6.77. The molecule has 3 heterocycles. The minimum atomic E-state index is -3.76. The Labute approximate surface area is 176 Å². The van der Waals surface area contributed by atoms with E-state index in [4.69, 9.17) is 9.26 Å². The van der Waals surface area contributed by atoms with Crippen LogP contribution < -0.4 is 10.1 Å². The average molecular weight is 437 g/mol. The third-order valence-corrected chi connectivity index (χ3v) is 7.05. The maximum atomic E-state index is 13.0. The van der Waals surface area contributed by atoms with E-state index in [1.807, 2.05) is 19.9 Å². The van der Waals surface area contributed by atoms with Crippen molar-refractivity contribution in [1.82, 2.24) is 19.8 Å². The molecule has 0 aromatic carbocycles. The van der Waals surface area contributed by atoms with Crippen LogP contribution in [0.4, 0.5) is 0 Å². The number of pyridine rings is 1. The summed E-state index contributed by atoms with van der Waals surface area (Å²) < 4.78 is 37.9. The van der Waals surface area contributed by atoms with E-state index in [1.165, 1.54) is 4.31 Å². The first-order valence-electron chi connectivity index (χ1n) is 10.0. The first-order chi connectivity index (χ1) is 14.2. The molecular weight excluding hydrogens is 408 g/mol. The molecule has 10 heteroatoms. The molecule has 0 saturated carbocycles. The number of nitrogens with one attached hydrogen (secondary N) is 1. The SMILES string of the molecule is Cc1noc(C)c1S(=O)(=O)N1CCCC(C(=O)NCc2ccc(OC(C)C)nc2)C1. The Morgan fingerprint density at radius 3 is 2.73 bits per heavy atom. The second kappa shape index (κ2) is 9.13. The van der Waals surface area contributed by atoms with Gasteiger partial charge >= 0.3 is 0 Å². The molecule has 1 amide bonds. The zero-order chi connectivity index (χ0) is 21.9. The summed E-state index contributed by atoms with van der Waals surface area (Å²) in [7, 11) is -3.76. The van der Waals surface area contributed by atoms with Crippen LogP contribution in [0.15, 0.2) is 27.7 Å². The summed E-state index contributed by atoms with van der Waals surface area (Å²) in [6.45, 7) is 7.86. The third-order valence-electron chi connectivity index (χ3n) is 4.94. The van der Waals surface area contributed by atoms with E-state index in [-0.39, 0.29) is 29.2 Å². The highest BCUT2D eigenvalue weighted by Crippen LogP contribution is 2.27. The van der Waals surface area contributed by atoms with Crippen molar-refractivity contribution in [3.8, 4) is 5.88 Å². The number of ether oxygens (including phenoxy) is 1. The molecule has 2 aromatic heterocycles. The van der Waals surface area contributed by atoms with Crippen molar-refractivity contribution in [2.24, 2.45) is 5.92 Å². The van der Waals surface area contributed by atoms with Crippen molar-refractivity contribution in [2.45, 2.75) is 58.1 Å². The van der Waals surface area contributed by atoms with E-state index < -0.39 is 15.9 Å². The van der Waals surface area contributed by atoms with Crippen molar-refractivity contribution < 1.29 is 22.5 Å². The molecule has 9 nitrogen and oxygen atoms in total. The first-order valence-corrected chi connectivity index (χ1v) is 11.4. The molecule has 1 aliphatic rings. The van der Waals surface area contributed by atoms with E-state index in [9.17, 15) is 13.2 Å². The third kappa shape index (κ3) is 4.99. The highest BCUT2D eigenvalue weighted by Gasteiger charge is 2.36. The summed E-state index contributed by atoms with van der Waals surface area (Å²) in [5, 5.41) is 6.63. The van der Waals surface area contributed by atoms with E-state index in [1.54, 1.807) is 26.1 Å². The average Bonchev–Trinajstić information content (AvgIpc) is 3.05. The van der Waals surface area contributed by atoms with Crippen LogP contribution in [-0.2, 0) is 21.4 Å². The smallest absolute Gasteiger partial charge is 0.248 e. The number of piperidine rings is 1.